The molecule has 1 aromatic rings. The van der Waals surface area contributed by atoms with Gasteiger partial charge in [-0.25, -0.2) is 0 Å². The molecule has 0 bridgehead atoms. The van der Waals surface area contributed by atoms with Crippen LogP contribution in [0.5, 0.6) is 0 Å². The molecular formula is C15H24ClN3O. The predicted octanol–water partition coefficient (Wildman–Crippen LogP) is 2.41. The van der Waals surface area contributed by atoms with E-state index < -0.39 is 0 Å². The molecule has 0 aliphatic carbocycles. The van der Waals surface area contributed by atoms with Gasteiger partial charge in [-0.3, -0.25) is 4.79 Å². The molecule has 0 spiro atoms. The third-order valence-corrected chi connectivity index (χ3v) is 3.15. The van der Waals surface area contributed by atoms with Crippen molar-refractivity contribution in [3.63, 3.8) is 0 Å². The number of carbonyl (C=O) groups excluding carboxylic acids is 1. The normalized spacial score (nSPS) is 10.7. The fourth-order valence-electron chi connectivity index (χ4n) is 2.10. The summed E-state index contributed by atoms with van der Waals surface area (Å²) in [7, 11) is 1.90. The minimum atomic E-state index is 0.0345. The second-order valence-corrected chi connectivity index (χ2v) is 5.48. The second-order valence-electron chi connectivity index (χ2n) is 5.04. The molecule has 1 amide bonds. The van der Waals surface area contributed by atoms with Crippen LogP contribution < -0.4 is 15.5 Å². The first kappa shape index (κ1) is 16.8. The summed E-state index contributed by atoms with van der Waals surface area (Å²) >= 11 is 6.05. The Kier molecular flexibility index (Phi) is 6.82. The van der Waals surface area contributed by atoms with Gasteiger partial charge in [0.1, 0.15) is 0 Å². The average Bonchev–Trinajstić information content (AvgIpc) is 2.36. The number of halogens is 1. The number of benzene rings is 1. The van der Waals surface area contributed by atoms with Crippen molar-refractivity contribution in [2.24, 2.45) is 0 Å². The zero-order valence-corrected chi connectivity index (χ0v) is 13.4. The van der Waals surface area contributed by atoms with E-state index in [0.29, 0.717) is 11.6 Å². The van der Waals surface area contributed by atoms with Crippen molar-refractivity contribution in [3.8, 4) is 0 Å². The maximum atomic E-state index is 11.9. The molecule has 0 aromatic heterocycles. The number of likely N-dealkylation sites (N-methyl/N-ethyl adjacent to an activating group) is 1. The molecule has 0 heterocycles. The summed E-state index contributed by atoms with van der Waals surface area (Å²) in [6.45, 7) is 7.81. The Balaban J connectivity index is 2.91. The molecule has 20 heavy (non-hydrogen) atoms. The minimum absolute atomic E-state index is 0.0345. The van der Waals surface area contributed by atoms with Gasteiger partial charge >= 0.3 is 0 Å². The number of anilines is 1. The Morgan fingerprint density at radius 3 is 2.65 bits per heavy atom. The maximum Gasteiger partial charge on any atom is 0.239 e. The number of hydrogen-bond acceptors (Lipinski definition) is 3. The monoisotopic (exact) mass is 297 g/mol. The van der Waals surface area contributed by atoms with Crippen molar-refractivity contribution in [1.82, 2.24) is 10.6 Å². The van der Waals surface area contributed by atoms with E-state index in [1.165, 1.54) is 0 Å². The van der Waals surface area contributed by atoms with Gasteiger partial charge in [0.15, 0.2) is 0 Å². The summed E-state index contributed by atoms with van der Waals surface area (Å²) in [5.74, 6) is 0.0345. The molecule has 1 rings (SSSR count). The molecular weight excluding hydrogens is 274 g/mol. The molecule has 112 valence electrons. The van der Waals surface area contributed by atoms with Gasteiger partial charge in [0.25, 0.3) is 0 Å². The zero-order valence-electron chi connectivity index (χ0n) is 12.7. The van der Waals surface area contributed by atoms with Crippen LogP contribution in [0.25, 0.3) is 0 Å². The van der Waals surface area contributed by atoms with E-state index in [-0.39, 0.29) is 11.9 Å². The van der Waals surface area contributed by atoms with Gasteiger partial charge in [0.05, 0.1) is 6.54 Å². The smallest absolute Gasteiger partial charge is 0.239 e. The number of carbonyl (C=O) groups is 1. The van der Waals surface area contributed by atoms with Gasteiger partial charge < -0.3 is 15.5 Å². The van der Waals surface area contributed by atoms with Crippen LogP contribution in [0.4, 0.5) is 5.69 Å². The van der Waals surface area contributed by atoms with E-state index in [2.05, 4.69) is 15.5 Å². The third kappa shape index (κ3) is 5.02. The lowest BCUT2D eigenvalue weighted by atomic mass is 10.1. The van der Waals surface area contributed by atoms with Crippen LogP contribution in [-0.4, -0.2) is 32.1 Å². The SMILES string of the molecule is CCN(CC(=O)NC(C)C)c1ccc(Cl)cc1CNC. The lowest BCUT2D eigenvalue weighted by molar-refractivity contribution is -0.120. The predicted molar refractivity (Wildman–Crippen MR) is 85.4 cm³/mol. The summed E-state index contributed by atoms with van der Waals surface area (Å²) < 4.78 is 0. The Hall–Kier alpha value is -1.26. The van der Waals surface area contributed by atoms with Gasteiger partial charge in [-0.2, -0.15) is 0 Å². The molecule has 2 N–H and O–H groups in total. The fourth-order valence-corrected chi connectivity index (χ4v) is 2.30. The minimum Gasteiger partial charge on any atom is -0.362 e. The molecule has 0 atom stereocenters. The summed E-state index contributed by atoms with van der Waals surface area (Å²) in [4.78, 5) is 14.0. The summed E-state index contributed by atoms with van der Waals surface area (Å²) in [6, 6.07) is 5.93. The molecule has 0 saturated heterocycles. The van der Waals surface area contributed by atoms with Gasteiger partial charge in [-0.1, -0.05) is 11.6 Å². The highest BCUT2D eigenvalue weighted by atomic mass is 35.5. The molecule has 0 unspecified atom stereocenters. The molecule has 1 aromatic carbocycles. The van der Waals surface area contributed by atoms with Crippen LogP contribution in [0, 0.1) is 0 Å². The Bertz CT molecular complexity index is 449. The van der Waals surface area contributed by atoms with Gasteiger partial charge in [-0.15, -0.1) is 0 Å². The largest absolute Gasteiger partial charge is 0.362 e. The van der Waals surface area contributed by atoms with E-state index in [1.54, 1.807) is 0 Å². The van der Waals surface area contributed by atoms with Crippen LogP contribution in [0.1, 0.15) is 26.3 Å². The Morgan fingerprint density at radius 1 is 1.40 bits per heavy atom. The average molecular weight is 298 g/mol. The lowest BCUT2D eigenvalue weighted by Crippen LogP contribution is -2.40. The van der Waals surface area contributed by atoms with Crippen molar-refractivity contribution in [1.29, 1.82) is 0 Å². The quantitative estimate of drug-likeness (QED) is 0.812. The van der Waals surface area contributed by atoms with Crippen LogP contribution in [-0.2, 0) is 11.3 Å². The highest BCUT2D eigenvalue weighted by Gasteiger charge is 2.14. The van der Waals surface area contributed by atoms with E-state index in [4.69, 9.17) is 11.6 Å². The van der Waals surface area contributed by atoms with Gasteiger partial charge in [-0.05, 0) is 51.6 Å². The lowest BCUT2D eigenvalue weighted by Gasteiger charge is -2.26. The number of amides is 1. The standard InChI is InChI=1S/C15H24ClN3O/c1-5-19(10-15(20)18-11(2)3)14-7-6-13(16)8-12(14)9-17-4/h6-8,11,17H,5,9-10H2,1-4H3,(H,18,20). The molecule has 5 heteroatoms. The Labute approximate surface area is 126 Å². The fraction of sp³-hybridized carbons (Fsp3) is 0.533. The van der Waals surface area contributed by atoms with Crippen molar-refractivity contribution >= 4 is 23.2 Å². The van der Waals surface area contributed by atoms with E-state index in [9.17, 15) is 4.79 Å². The molecule has 0 aliphatic heterocycles. The molecule has 0 fully saturated rings. The Morgan fingerprint density at radius 2 is 2.10 bits per heavy atom. The van der Waals surface area contributed by atoms with Gasteiger partial charge in [0.2, 0.25) is 5.91 Å². The first-order chi connectivity index (χ1) is 9.47. The number of nitrogens with zero attached hydrogens (tertiary/aromatic N) is 1. The topological polar surface area (TPSA) is 44.4 Å². The maximum absolute atomic E-state index is 11.9. The van der Waals surface area contributed by atoms with Gasteiger partial charge in [0, 0.05) is 29.8 Å². The van der Waals surface area contributed by atoms with Crippen molar-refractivity contribution in [2.45, 2.75) is 33.4 Å². The number of rotatable bonds is 7. The number of nitrogens with one attached hydrogen (secondary N) is 2. The first-order valence-corrected chi connectivity index (χ1v) is 7.33. The van der Waals surface area contributed by atoms with Crippen LogP contribution in [0.3, 0.4) is 0 Å². The van der Waals surface area contributed by atoms with E-state index >= 15 is 0 Å². The molecule has 4 nitrogen and oxygen atoms in total. The summed E-state index contributed by atoms with van der Waals surface area (Å²) in [6.07, 6.45) is 0. The van der Waals surface area contributed by atoms with Crippen molar-refractivity contribution in [2.75, 3.05) is 25.0 Å². The van der Waals surface area contributed by atoms with Crippen molar-refractivity contribution < 1.29 is 4.79 Å². The highest BCUT2D eigenvalue weighted by Crippen LogP contribution is 2.24. The van der Waals surface area contributed by atoms with Crippen LogP contribution in [0.2, 0.25) is 5.02 Å². The number of hydrogen-bond donors (Lipinski definition) is 2. The zero-order chi connectivity index (χ0) is 15.1. The molecule has 0 radical (unpaired) electrons. The highest BCUT2D eigenvalue weighted by molar-refractivity contribution is 6.30. The summed E-state index contributed by atoms with van der Waals surface area (Å²) in [5, 5.41) is 6.76. The second kappa shape index (κ2) is 8.12. The van der Waals surface area contributed by atoms with Crippen LogP contribution >= 0.6 is 11.6 Å². The molecule has 0 saturated carbocycles. The third-order valence-electron chi connectivity index (χ3n) is 2.92. The summed E-state index contributed by atoms with van der Waals surface area (Å²) in [5.41, 5.74) is 2.14. The van der Waals surface area contributed by atoms with Crippen molar-refractivity contribution in [3.05, 3.63) is 28.8 Å². The molecule has 0 aliphatic rings. The van der Waals surface area contributed by atoms with E-state index in [1.807, 2.05) is 46.0 Å². The van der Waals surface area contributed by atoms with E-state index in [0.717, 1.165) is 24.3 Å². The van der Waals surface area contributed by atoms with Crippen LogP contribution in [0.15, 0.2) is 18.2 Å². The first-order valence-electron chi connectivity index (χ1n) is 6.95.